The quantitative estimate of drug-likeness (QED) is 0.693. The first-order chi connectivity index (χ1) is 14.8. The fourth-order valence-corrected chi connectivity index (χ4v) is 4.05. The van der Waals surface area contributed by atoms with Gasteiger partial charge < -0.3 is 19.5 Å². The summed E-state index contributed by atoms with van der Waals surface area (Å²) in [5.74, 6) is -1.04. The number of anilines is 1. The molecule has 11 heteroatoms. The Bertz CT molecular complexity index is 1210. The molecule has 2 aliphatic heterocycles. The third-order valence-electron chi connectivity index (χ3n) is 4.52. The second-order valence-electron chi connectivity index (χ2n) is 6.82. The van der Waals surface area contributed by atoms with Crippen molar-refractivity contribution in [2.24, 2.45) is 4.40 Å². The average Bonchev–Trinajstić information content (AvgIpc) is 3.15. The molecule has 1 amide bonds. The van der Waals surface area contributed by atoms with Crippen molar-refractivity contribution in [1.82, 2.24) is 10.1 Å². The van der Waals surface area contributed by atoms with E-state index in [2.05, 4.69) is 14.9 Å². The highest BCUT2D eigenvalue weighted by Crippen LogP contribution is 2.24. The van der Waals surface area contributed by atoms with E-state index in [1.165, 1.54) is 12.1 Å². The van der Waals surface area contributed by atoms with Crippen molar-refractivity contribution >= 4 is 33.6 Å². The summed E-state index contributed by atoms with van der Waals surface area (Å²) in [7, 11) is -3.69. The van der Waals surface area contributed by atoms with E-state index >= 15 is 0 Å². The lowest BCUT2D eigenvalue weighted by Crippen LogP contribution is -2.40. The lowest BCUT2D eigenvalue weighted by molar-refractivity contribution is -0.150. The Balaban J connectivity index is 1.61. The van der Waals surface area contributed by atoms with Gasteiger partial charge in [0.15, 0.2) is 11.7 Å². The molecular weight excluding hydrogens is 424 g/mol. The highest BCUT2D eigenvalue weighted by Gasteiger charge is 2.34. The first-order valence-electron chi connectivity index (χ1n) is 9.31. The normalized spacial score (nSPS) is 17.8. The zero-order chi connectivity index (χ0) is 22.0. The Kier molecular flexibility index (Phi) is 5.42. The van der Waals surface area contributed by atoms with E-state index in [9.17, 15) is 18.0 Å². The van der Waals surface area contributed by atoms with Crippen molar-refractivity contribution in [3.63, 3.8) is 0 Å². The molecule has 3 heterocycles. The van der Waals surface area contributed by atoms with Gasteiger partial charge >= 0.3 is 5.97 Å². The number of rotatable bonds is 5. The summed E-state index contributed by atoms with van der Waals surface area (Å²) in [4.78, 5) is 27.4. The highest BCUT2D eigenvalue weighted by molar-refractivity contribution is 7.90. The number of nitrogens with zero attached hydrogens (tertiary/aromatic N) is 3. The molecule has 1 aromatic heterocycles. The van der Waals surface area contributed by atoms with Crippen LogP contribution in [0.15, 0.2) is 69.2 Å². The van der Waals surface area contributed by atoms with Crippen LogP contribution in [0.4, 0.5) is 5.82 Å². The smallest absolute Gasteiger partial charge is 0.343 e. The number of hydrogen-bond donors (Lipinski definition) is 1. The van der Waals surface area contributed by atoms with Crippen LogP contribution in [0, 0.1) is 6.92 Å². The van der Waals surface area contributed by atoms with E-state index < -0.39 is 28.0 Å². The van der Waals surface area contributed by atoms with Crippen LogP contribution in [0.2, 0.25) is 0 Å². The van der Waals surface area contributed by atoms with Gasteiger partial charge in [0.2, 0.25) is 6.10 Å². The van der Waals surface area contributed by atoms with Crippen LogP contribution in [-0.2, 0) is 24.3 Å². The van der Waals surface area contributed by atoms with E-state index in [0.717, 1.165) is 0 Å². The van der Waals surface area contributed by atoms with Crippen LogP contribution in [0.5, 0.6) is 0 Å². The van der Waals surface area contributed by atoms with Gasteiger partial charge in [0, 0.05) is 24.4 Å². The van der Waals surface area contributed by atoms with Gasteiger partial charge in [-0.3, -0.25) is 4.79 Å². The zero-order valence-electron chi connectivity index (χ0n) is 16.4. The monoisotopic (exact) mass is 442 g/mol. The second-order valence-corrected chi connectivity index (χ2v) is 8.58. The number of carbonyl (C=O) groups excluding carboxylic acids is 2. The Morgan fingerprint density at radius 2 is 2.03 bits per heavy atom. The summed E-state index contributed by atoms with van der Waals surface area (Å²) < 4.78 is 38.0. The molecule has 0 bridgehead atoms. The van der Waals surface area contributed by atoms with Crippen LogP contribution >= 0.6 is 0 Å². The molecule has 160 valence electrons. The molecule has 0 saturated heterocycles. The number of hydrogen-bond acceptors (Lipinski definition) is 8. The highest BCUT2D eigenvalue weighted by atomic mass is 32.2. The van der Waals surface area contributed by atoms with E-state index in [-0.39, 0.29) is 29.5 Å². The number of amides is 1. The number of aromatic nitrogens is 1. The molecule has 31 heavy (non-hydrogen) atoms. The number of fused-ring (bicyclic) bond motifs is 1. The van der Waals surface area contributed by atoms with E-state index in [1.807, 2.05) is 0 Å². The molecule has 0 aliphatic carbocycles. The van der Waals surface area contributed by atoms with Crippen LogP contribution in [0.1, 0.15) is 17.4 Å². The van der Waals surface area contributed by atoms with E-state index in [4.69, 9.17) is 9.26 Å². The maximum atomic E-state index is 13.0. The van der Waals surface area contributed by atoms with Crippen molar-refractivity contribution in [3.8, 4) is 0 Å². The Labute approximate surface area is 177 Å². The Hall–Kier alpha value is -3.73. The summed E-state index contributed by atoms with van der Waals surface area (Å²) in [6, 6.07) is 9.95. The number of carbonyl (C=O) groups is 2. The van der Waals surface area contributed by atoms with Gasteiger partial charge in [0.1, 0.15) is 11.3 Å². The van der Waals surface area contributed by atoms with Crippen LogP contribution in [0.25, 0.3) is 0 Å². The van der Waals surface area contributed by atoms with Gasteiger partial charge in [-0.25, -0.2) is 13.2 Å². The number of allylic oxidation sites excluding steroid dienone is 2. The fraction of sp³-hybridized carbons (Fsp3) is 0.200. The molecule has 0 unspecified atom stereocenters. The average molecular weight is 442 g/mol. The minimum absolute atomic E-state index is 0.0295. The van der Waals surface area contributed by atoms with Crippen LogP contribution in [-0.4, -0.2) is 48.5 Å². The fourth-order valence-electron chi connectivity index (χ4n) is 3.06. The predicted molar refractivity (Wildman–Crippen MR) is 110 cm³/mol. The molecule has 0 fully saturated rings. The minimum atomic E-state index is -3.69. The molecule has 1 N–H and O–H groups in total. The van der Waals surface area contributed by atoms with Crippen molar-refractivity contribution in [2.75, 3.05) is 17.6 Å². The molecule has 10 nitrogen and oxygen atoms in total. The van der Waals surface area contributed by atoms with E-state index in [1.54, 1.807) is 54.4 Å². The third kappa shape index (κ3) is 4.56. The van der Waals surface area contributed by atoms with E-state index in [0.29, 0.717) is 11.3 Å². The van der Waals surface area contributed by atoms with Gasteiger partial charge in [-0.15, -0.1) is 4.40 Å². The molecule has 2 aromatic rings. The number of nitrogens with one attached hydrogen (secondary N) is 1. The predicted octanol–water partition coefficient (Wildman–Crippen LogP) is 1.70. The number of esters is 1. The first-order valence-corrected chi connectivity index (χ1v) is 10.9. The lowest BCUT2D eigenvalue weighted by atomic mass is 10.1. The van der Waals surface area contributed by atoms with Gasteiger partial charge in [-0.05, 0) is 19.1 Å². The maximum absolute atomic E-state index is 13.0. The topological polar surface area (TPSA) is 131 Å². The number of aryl methyl sites for hydroxylation is 1. The Morgan fingerprint density at radius 1 is 1.26 bits per heavy atom. The van der Waals surface area contributed by atoms with Gasteiger partial charge in [-0.2, -0.15) is 0 Å². The Morgan fingerprint density at radius 3 is 2.74 bits per heavy atom. The molecule has 0 saturated carbocycles. The molecule has 1 aromatic carbocycles. The molecular formula is C20H18N4O6S. The first kappa shape index (κ1) is 20.5. The largest absolute Gasteiger partial charge is 0.444 e. The summed E-state index contributed by atoms with van der Waals surface area (Å²) in [5, 5.41) is 6.26. The van der Waals surface area contributed by atoms with Crippen molar-refractivity contribution in [2.45, 2.75) is 13.0 Å². The molecule has 0 spiro atoms. The van der Waals surface area contributed by atoms with Gasteiger partial charge in [-0.1, -0.05) is 35.5 Å². The van der Waals surface area contributed by atoms with Crippen molar-refractivity contribution in [3.05, 3.63) is 71.6 Å². The van der Waals surface area contributed by atoms with Crippen molar-refractivity contribution in [1.29, 1.82) is 0 Å². The standard InChI is InChI=1S/C20H18N4O6S/c1-13-12-16(22-30-13)21-19(25)17(14-6-3-2-4-7-14)29-20(26)15-8-5-9-24-10-11-31(27,28)23-18(15)24/h2-9,12,17H,10-11H2,1H3,(H,21,22,25)/t17-/m1/s1. The van der Waals surface area contributed by atoms with Crippen LogP contribution < -0.4 is 5.32 Å². The molecule has 0 radical (unpaired) electrons. The third-order valence-corrected chi connectivity index (χ3v) is 5.67. The summed E-state index contributed by atoms with van der Waals surface area (Å²) in [5.41, 5.74) is 0.368. The van der Waals surface area contributed by atoms with Gasteiger partial charge in [0.05, 0.1) is 5.75 Å². The van der Waals surface area contributed by atoms with Crippen molar-refractivity contribution < 1.29 is 27.3 Å². The second kappa shape index (κ2) is 8.19. The summed E-state index contributed by atoms with van der Waals surface area (Å²) in [6.07, 6.45) is 3.30. The molecule has 1 atom stereocenters. The van der Waals surface area contributed by atoms with Gasteiger partial charge in [0.25, 0.3) is 15.9 Å². The summed E-state index contributed by atoms with van der Waals surface area (Å²) >= 11 is 0. The zero-order valence-corrected chi connectivity index (χ0v) is 17.2. The molecule has 2 aliphatic rings. The number of benzene rings is 1. The summed E-state index contributed by atoms with van der Waals surface area (Å²) in [6.45, 7) is 1.83. The maximum Gasteiger partial charge on any atom is 0.343 e. The minimum Gasteiger partial charge on any atom is -0.444 e. The SMILES string of the molecule is Cc1cc(NC(=O)[C@H](OC(=O)C2=CC=CN3CCS(=O)(=O)N=C23)c2ccccc2)no1. The van der Waals surface area contributed by atoms with Crippen LogP contribution in [0.3, 0.4) is 0 Å². The lowest BCUT2D eigenvalue weighted by Gasteiger charge is -2.28. The number of sulfonamides is 1. The number of ether oxygens (including phenoxy) is 1. The molecule has 4 rings (SSSR count). The number of amidine groups is 1.